The summed E-state index contributed by atoms with van der Waals surface area (Å²) in [6, 6.07) is 0. The van der Waals surface area contributed by atoms with E-state index in [0.717, 1.165) is 6.54 Å². The largest absolute Gasteiger partial charge is 0.303 e. The van der Waals surface area contributed by atoms with Crippen molar-refractivity contribution in [1.82, 2.24) is 15.4 Å². The monoisotopic (exact) mass is 144 g/mol. The summed E-state index contributed by atoms with van der Waals surface area (Å²) in [5.74, 6) is 0. The van der Waals surface area contributed by atoms with Gasteiger partial charge < -0.3 is 5.01 Å². The molecule has 0 aromatic rings. The average molecular weight is 144 g/mol. The summed E-state index contributed by atoms with van der Waals surface area (Å²) in [6.07, 6.45) is 1.82. The van der Waals surface area contributed by atoms with E-state index < -0.39 is 0 Å². The predicted molar refractivity (Wildman–Crippen MR) is 43.9 cm³/mol. The highest BCUT2D eigenvalue weighted by Crippen LogP contribution is 1.69. The van der Waals surface area contributed by atoms with Crippen LogP contribution in [-0.4, -0.2) is 51.0 Å². The van der Waals surface area contributed by atoms with Crippen LogP contribution in [0.4, 0.5) is 0 Å². The fraction of sp³-hybridized carbons (Fsp3) is 0.833. The third kappa shape index (κ3) is 7.39. The first kappa shape index (κ1) is 9.39. The van der Waals surface area contributed by atoms with Gasteiger partial charge in [0.1, 0.15) is 0 Å². The summed E-state index contributed by atoms with van der Waals surface area (Å²) in [6.45, 7) is 0.769. The molecule has 0 aliphatic rings. The van der Waals surface area contributed by atoms with Crippen LogP contribution in [-0.2, 0) is 0 Å². The maximum absolute atomic E-state index is 4.02. The topological polar surface area (TPSA) is 30.9 Å². The molecular formula is C6H16N4. The van der Waals surface area contributed by atoms with Crippen molar-refractivity contribution in [3.8, 4) is 0 Å². The van der Waals surface area contributed by atoms with E-state index in [2.05, 4.69) is 10.5 Å². The third-order valence-corrected chi connectivity index (χ3v) is 0.811. The van der Waals surface area contributed by atoms with Crippen molar-refractivity contribution in [2.45, 2.75) is 0 Å². The van der Waals surface area contributed by atoms with Gasteiger partial charge in [0, 0.05) is 41.0 Å². The van der Waals surface area contributed by atoms with Gasteiger partial charge in [-0.15, -0.1) is 0 Å². The van der Waals surface area contributed by atoms with Crippen LogP contribution in [0.5, 0.6) is 0 Å². The second-order valence-electron chi connectivity index (χ2n) is 2.40. The smallest absolute Gasteiger partial charge is 0.0474 e. The van der Waals surface area contributed by atoms with Gasteiger partial charge in [-0.05, 0) is 0 Å². The van der Waals surface area contributed by atoms with E-state index in [1.807, 2.05) is 39.4 Å². The molecule has 0 amide bonds. The molecule has 4 nitrogen and oxygen atoms in total. The molecule has 0 heterocycles. The number of hydrazine groups is 1. The average Bonchev–Trinajstić information content (AvgIpc) is 1.79. The molecule has 10 heavy (non-hydrogen) atoms. The first-order valence-electron chi connectivity index (χ1n) is 3.23. The first-order chi connectivity index (χ1) is 4.63. The Morgan fingerprint density at radius 1 is 1.30 bits per heavy atom. The van der Waals surface area contributed by atoms with Crippen LogP contribution in [0.25, 0.3) is 0 Å². The molecule has 0 aromatic carbocycles. The first-order valence-corrected chi connectivity index (χ1v) is 3.23. The van der Waals surface area contributed by atoms with Crippen molar-refractivity contribution in [2.24, 2.45) is 5.10 Å². The van der Waals surface area contributed by atoms with E-state index in [9.17, 15) is 0 Å². The number of nitrogens with zero attached hydrogens (tertiary/aromatic N) is 3. The standard InChI is InChI=1S/C6H16N4/c1-9(2)7-5-6-8-10(3)4/h5,8H,6H2,1-4H3. The number of rotatable bonds is 4. The van der Waals surface area contributed by atoms with Gasteiger partial charge in [0.2, 0.25) is 0 Å². The maximum atomic E-state index is 4.02. The van der Waals surface area contributed by atoms with Crippen LogP contribution in [0.1, 0.15) is 0 Å². The predicted octanol–water partition coefficient (Wildman–Crippen LogP) is -0.400. The fourth-order valence-electron chi connectivity index (χ4n) is 0.428. The Kier molecular flexibility index (Phi) is 4.88. The van der Waals surface area contributed by atoms with Crippen molar-refractivity contribution in [2.75, 3.05) is 34.7 Å². The highest BCUT2D eigenvalue weighted by Gasteiger charge is 1.82. The van der Waals surface area contributed by atoms with Gasteiger partial charge in [-0.25, -0.2) is 0 Å². The van der Waals surface area contributed by atoms with E-state index in [4.69, 9.17) is 0 Å². The minimum atomic E-state index is 0.769. The van der Waals surface area contributed by atoms with Gasteiger partial charge in [-0.1, -0.05) is 0 Å². The van der Waals surface area contributed by atoms with E-state index in [1.54, 1.807) is 5.01 Å². The maximum Gasteiger partial charge on any atom is 0.0474 e. The van der Waals surface area contributed by atoms with Gasteiger partial charge in [0.15, 0.2) is 0 Å². The molecule has 0 spiro atoms. The number of hydrazone groups is 1. The van der Waals surface area contributed by atoms with Crippen LogP contribution in [0, 0.1) is 0 Å². The van der Waals surface area contributed by atoms with E-state index in [1.165, 1.54) is 0 Å². The summed E-state index contributed by atoms with van der Waals surface area (Å²) in [7, 11) is 7.69. The van der Waals surface area contributed by atoms with Crippen molar-refractivity contribution in [3.05, 3.63) is 0 Å². The van der Waals surface area contributed by atoms with Crippen LogP contribution >= 0.6 is 0 Å². The molecule has 0 saturated heterocycles. The van der Waals surface area contributed by atoms with Crippen molar-refractivity contribution < 1.29 is 0 Å². The summed E-state index contributed by atoms with van der Waals surface area (Å²) in [5, 5.41) is 7.67. The van der Waals surface area contributed by atoms with Crippen molar-refractivity contribution >= 4 is 6.21 Å². The molecule has 0 bridgehead atoms. The molecule has 0 unspecified atom stereocenters. The minimum Gasteiger partial charge on any atom is -0.303 e. The SMILES string of the molecule is CN(C)N=CCNN(C)C. The Labute approximate surface area is 62.5 Å². The van der Waals surface area contributed by atoms with Crippen molar-refractivity contribution in [1.29, 1.82) is 0 Å². The molecule has 1 N–H and O–H groups in total. The Balaban J connectivity index is 3.19. The van der Waals surface area contributed by atoms with Crippen LogP contribution < -0.4 is 5.43 Å². The highest BCUT2D eigenvalue weighted by molar-refractivity contribution is 5.58. The molecule has 60 valence electrons. The lowest BCUT2D eigenvalue weighted by atomic mass is 10.7. The molecule has 0 fully saturated rings. The van der Waals surface area contributed by atoms with E-state index in [0.29, 0.717) is 0 Å². The molecule has 0 rings (SSSR count). The Bertz CT molecular complexity index is 97.9. The lowest BCUT2D eigenvalue weighted by Gasteiger charge is -2.09. The molecule has 4 heteroatoms. The lowest BCUT2D eigenvalue weighted by molar-refractivity contribution is 0.311. The summed E-state index contributed by atoms with van der Waals surface area (Å²) < 4.78 is 0. The molecule has 0 radical (unpaired) electrons. The quantitative estimate of drug-likeness (QED) is 0.430. The van der Waals surface area contributed by atoms with Crippen LogP contribution in [0.3, 0.4) is 0 Å². The zero-order chi connectivity index (χ0) is 7.98. The normalized spacial score (nSPS) is 11.3. The van der Waals surface area contributed by atoms with E-state index >= 15 is 0 Å². The lowest BCUT2D eigenvalue weighted by Crippen LogP contribution is -2.31. The number of nitrogens with one attached hydrogen (secondary N) is 1. The van der Waals surface area contributed by atoms with Gasteiger partial charge in [0.25, 0.3) is 0 Å². The highest BCUT2D eigenvalue weighted by atomic mass is 15.5. The van der Waals surface area contributed by atoms with Crippen LogP contribution in [0.15, 0.2) is 5.10 Å². The molecule has 0 aliphatic carbocycles. The summed E-state index contributed by atoms with van der Waals surface area (Å²) in [4.78, 5) is 0. The summed E-state index contributed by atoms with van der Waals surface area (Å²) in [5.41, 5.74) is 3.06. The third-order valence-electron chi connectivity index (χ3n) is 0.811. The molecular weight excluding hydrogens is 128 g/mol. The molecule has 0 aliphatic heterocycles. The second-order valence-corrected chi connectivity index (χ2v) is 2.40. The fourth-order valence-corrected chi connectivity index (χ4v) is 0.428. The van der Waals surface area contributed by atoms with Crippen LogP contribution in [0.2, 0.25) is 0 Å². The van der Waals surface area contributed by atoms with Gasteiger partial charge in [0.05, 0.1) is 0 Å². The molecule has 0 aromatic heterocycles. The zero-order valence-electron chi connectivity index (χ0n) is 7.13. The molecule has 0 atom stereocenters. The zero-order valence-corrected chi connectivity index (χ0v) is 7.13. The molecule has 0 saturated carbocycles. The minimum absolute atomic E-state index is 0.769. The summed E-state index contributed by atoms with van der Waals surface area (Å²) >= 11 is 0. The Morgan fingerprint density at radius 2 is 1.90 bits per heavy atom. The Hall–Kier alpha value is -0.610. The number of hydrogen-bond acceptors (Lipinski definition) is 4. The van der Waals surface area contributed by atoms with Gasteiger partial charge in [-0.3, -0.25) is 10.4 Å². The van der Waals surface area contributed by atoms with Gasteiger partial charge >= 0.3 is 0 Å². The van der Waals surface area contributed by atoms with E-state index in [-0.39, 0.29) is 0 Å². The van der Waals surface area contributed by atoms with Gasteiger partial charge in [-0.2, -0.15) is 5.10 Å². The second kappa shape index (κ2) is 5.20. The van der Waals surface area contributed by atoms with Crippen molar-refractivity contribution in [3.63, 3.8) is 0 Å². The number of hydrogen-bond donors (Lipinski definition) is 1. The Morgan fingerprint density at radius 3 is 2.30 bits per heavy atom.